The van der Waals surface area contributed by atoms with Gasteiger partial charge in [0.05, 0.1) is 22.2 Å². The number of halogens is 2. The SMILES string of the molecule is O=C(CNC(=O)c1ccc(S(=O)(=O)Nc2ccccc2Oc2ccc(F)cc2Cl)cc1)N[C@H]1CC[C@H](CCN2CCCC2)CC1. The molecule has 0 radical (unpaired) electrons. The van der Waals surface area contributed by atoms with Crippen LogP contribution in [0.3, 0.4) is 0 Å². The number of hydrogen-bond donors (Lipinski definition) is 3. The Bertz CT molecular complexity index is 1590. The number of rotatable bonds is 12. The van der Waals surface area contributed by atoms with Gasteiger partial charge in [-0.3, -0.25) is 14.3 Å². The third-order valence-corrected chi connectivity index (χ3v) is 10.0. The quantitative estimate of drug-likeness (QED) is 0.221. The smallest absolute Gasteiger partial charge is 0.262 e. The third-order valence-electron chi connectivity index (χ3n) is 8.35. The van der Waals surface area contributed by atoms with Crippen LogP contribution in [0.1, 0.15) is 55.3 Å². The van der Waals surface area contributed by atoms with Gasteiger partial charge >= 0.3 is 0 Å². The summed E-state index contributed by atoms with van der Waals surface area (Å²) in [6.45, 7) is 3.46. The number of hydrogen-bond acceptors (Lipinski definition) is 6. The lowest BCUT2D eigenvalue weighted by Crippen LogP contribution is -2.43. The van der Waals surface area contributed by atoms with Gasteiger partial charge in [-0.1, -0.05) is 23.7 Å². The van der Waals surface area contributed by atoms with E-state index in [-0.39, 0.29) is 51.2 Å². The summed E-state index contributed by atoms with van der Waals surface area (Å²) in [7, 11) is -4.06. The van der Waals surface area contributed by atoms with Crippen LogP contribution in [0.4, 0.5) is 10.1 Å². The summed E-state index contributed by atoms with van der Waals surface area (Å²) in [5, 5.41) is 5.68. The van der Waals surface area contributed by atoms with Gasteiger partial charge in [0.25, 0.3) is 15.9 Å². The molecule has 2 fully saturated rings. The number of likely N-dealkylation sites (tertiary alicyclic amines) is 1. The summed E-state index contributed by atoms with van der Waals surface area (Å²) >= 11 is 6.06. The van der Waals surface area contributed by atoms with E-state index in [4.69, 9.17) is 16.3 Å². The number of para-hydroxylation sites is 2. The number of nitrogens with zero attached hydrogens (tertiary/aromatic N) is 1. The van der Waals surface area contributed by atoms with E-state index in [1.165, 1.54) is 81.4 Å². The zero-order valence-corrected chi connectivity index (χ0v) is 26.5. The molecule has 0 bridgehead atoms. The molecule has 1 aliphatic heterocycles. The first-order chi connectivity index (χ1) is 21.7. The Labute approximate surface area is 268 Å². The molecule has 12 heteroatoms. The molecule has 1 aliphatic carbocycles. The van der Waals surface area contributed by atoms with Crippen LogP contribution in [-0.2, 0) is 14.8 Å². The molecule has 2 aliphatic rings. The molecule has 1 heterocycles. The van der Waals surface area contributed by atoms with Crippen molar-refractivity contribution in [2.45, 2.75) is 55.9 Å². The van der Waals surface area contributed by atoms with Crippen molar-refractivity contribution in [2.75, 3.05) is 30.9 Å². The first-order valence-electron chi connectivity index (χ1n) is 15.3. The molecule has 3 aromatic carbocycles. The van der Waals surface area contributed by atoms with E-state index in [1.54, 1.807) is 18.2 Å². The molecule has 0 unspecified atom stereocenters. The van der Waals surface area contributed by atoms with E-state index in [2.05, 4.69) is 20.3 Å². The molecule has 3 N–H and O–H groups in total. The van der Waals surface area contributed by atoms with Crippen LogP contribution in [0.2, 0.25) is 5.02 Å². The Hall–Kier alpha value is -3.67. The van der Waals surface area contributed by atoms with E-state index in [9.17, 15) is 22.4 Å². The molecule has 0 aromatic heterocycles. The summed E-state index contributed by atoms with van der Waals surface area (Å²) in [6, 6.07) is 15.5. The second kappa shape index (κ2) is 15.1. The summed E-state index contributed by atoms with van der Waals surface area (Å²) in [5.41, 5.74) is 0.358. The fraction of sp³-hybridized carbons (Fsp3) is 0.394. The maximum Gasteiger partial charge on any atom is 0.262 e. The monoisotopic (exact) mass is 656 g/mol. The molecule has 2 amide bonds. The van der Waals surface area contributed by atoms with Gasteiger partial charge in [-0.05, 0) is 125 Å². The van der Waals surface area contributed by atoms with Crippen molar-refractivity contribution in [1.82, 2.24) is 15.5 Å². The summed E-state index contributed by atoms with van der Waals surface area (Å²) in [6.07, 6.45) is 7.96. The van der Waals surface area contributed by atoms with Gasteiger partial charge in [-0.2, -0.15) is 0 Å². The van der Waals surface area contributed by atoms with Gasteiger partial charge in [0.2, 0.25) is 5.91 Å². The van der Waals surface area contributed by atoms with E-state index < -0.39 is 21.7 Å². The van der Waals surface area contributed by atoms with Gasteiger partial charge in [-0.15, -0.1) is 0 Å². The van der Waals surface area contributed by atoms with Crippen LogP contribution in [0, 0.1) is 11.7 Å². The predicted octanol–water partition coefficient (Wildman–Crippen LogP) is 5.96. The van der Waals surface area contributed by atoms with E-state index >= 15 is 0 Å². The fourth-order valence-electron chi connectivity index (χ4n) is 5.81. The lowest BCUT2D eigenvalue weighted by molar-refractivity contribution is -0.121. The van der Waals surface area contributed by atoms with Crippen LogP contribution in [0.15, 0.2) is 71.6 Å². The number of anilines is 1. The Balaban J connectivity index is 1.09. The minimum absolute atomic E-state index is 0.0322. The molecule has 3 aromatic rings. The molecule has 1 saturated carbocycles. The molecule has 0 atom stereocenters. The second-order valence-corrected chi connectivity index (χ2v) is 13.7. The number of sulfonamides is 1. The Morgan fingerprint density at radius 2 is 1.64 bits per heavy atom. The highest BCUT2D eigenvalue weighted by Crippen LogP contribution is 2.35. The van der Waals surface area contributed by atoms with Crippen molar-refractivity contribution in [3.05, 3.63) is 83.1 Å². The van der Waals surface area contributed by atoms with Crippen LogP contribution in [0.25, 0.3) is 0 Å². The second-order valence-electron chi connectivity index (χ2n) is 11.6. The maximum atomic E-state index is 13.4. The van der Waals surface area contributed by atoms with Crippen molar-refractivity contribution in [1.29, 1.82) is 0 Å². The molecule has 45 heavy (non-hydrogen) atoms. The number of amides is 2. The van der Waals surface area contributed by atoms with Gasteiger partial charge in [0.1, 0.15) is 11.6 Å². The standard InChI is InChI=1S/C33H38ClFN4O5S/c34-28-21-25(35)11-16-30(28)44-31-6-2-1-5-29(31)38-45(42,43)27-14-9-24(10-15-27)33(41)36-22-32(40)37-26-12-7-23(8-13-26)17-20-39-18-3-4-19-39/h1-2,5-6,9-11,14-16,21,23,26,38H,3-4,7-8,12-13,17-20,22H2,(H,36,41)(H,37,40)/t23-,26-. The number of nitrogens with one attached hydrogen (secondary N) is 3. The molecular weight excluding hydrogens is 619 g/mol. The van der Waals surface area contributed by atoms with Crippen molar-refractivity contribution >= 4 is 39.1 Å². The zero-order chi connectivity index (χ0) is 31.8. The van der Waals surface area contributed by atoms with Crippen molar-refractivity contribution in [3.63, 3.8) is 0 Å². The lowest BCUT2D eigenvalue weighted by Gasteiger charge is -2.30. The Morgan fingerprint density at radius 1 is 0.933 bits per heavy atom. The number of carbonyl (C=O) groups is 2. The van der Waals surface area contributed by atoms with Gasteiger partial charge in [0.15, 0.2) is 5.75 Å². The van der Waals surface area contributed by atoms with Crippen LogP contribution in [0.5, 0.6) is 11.5 Å². The highest BCUT2D eigenvalue weighted by atomic mass is 35.5. The van der Waals surface area contributed by atoms with Gasteiger partial charge < -0.3 is 20.3 Å². The van der Waals surface area contributed by atoms with E-state index in [0.717, 1.165) is 31.7 Å². The minimum Gasteiger partial charge on any atom is -0.454 e. The number of benzene rings is 3. The van der Waals surface area contributed by atoms with Crippen LogP contribution >= 0.6 is 11.6 Å². The summed E-state index contributed by atoms with van der Waals surface area (Å²) < 4.78 is 47.9. The Morgan fingerprint density at radius 3 is 2.36 bits per heavy atom. The van der Waals surface area contributed by atoms with Crippen LogP contribution in [-0.4, -0.2) is 57.4 Å². The largest absolute Gasteiger partial charge is 0.454 e. The first-order valence-corrected chi connectivity index (χ1v) is 17.2. The highest BCUT2D eigenvalue weighted by molar-refractivity contribution is 7.92. The summed E-state index contributed by atoms with van der Waals surface area (Å²) in [5.74, 6) is -0.224. The van der Waals surface area contributed by atoms with Crippen molar-refractivity contribution in [3.8, 4) is 11.5 Å². The maximum absolute atomic E-state index is 13.4. The average Bonchev–Trinajstić information content (AvgIpc) is 3.56. The normalized spacial score (nSPS) is 18.7. The number of carbonyl (C=O) groups excluding carboxylic acids is 2. The molecule has 9 nitrogen and oxygen atoms in total. The van der Waals surface area contributed by atoms with E-state index in [1.807, 2.05) is 0 Å². The average molecular weight is 657 g/mol. The molecule has 1 saturated heterocycles. The van der Waals surface area contributed by atoms with Crippen molar-refractivity contribution < 1.29 is 27.1 Å². The highest BCUT2D eigenvalue weighted by Gasteiger charge is 2.24. The van der Waals surface area contributed by atoms with Crippen LogP contribution < -0.4 is 20.1 Å². The van der Waals surface area contributed by atoms with Gasteiger partial charge in [0, 0.05) is 11.6 Å². The molecule has 5 rings (SSSR count). The Kier molecular flexibility index (Phi) is 11.0. The third kappa shape index (κ3) is 9.18. The molecule has 240 valence electrons. The minimum atomic E-state index is -4.06. The molecule has 0 spiro atoms. The zero-order valence-electron chi connectivity index (χ0n) is 24.9. The van der Waals surface area contributed by atoms with Gasteiger partial charge in [-0.25, -0.2) is 12.8 Å². The fourth-order valence-corrected chi connectivity index (χ4v) is 7.09. The topological polar surface area (TPSA) is 117 Å². The predicted molar refractivity (Wildman–Crippen MR) is 172 cm³/mol. The lowest BCUT2D eigenvalue weighted by atomic mass is 9.84. The molecular formula is C33H38ClFN4O5S. The first kappa shape index (κ1) is 32.7. The number of ether oxygens (including phenoxy) is 1. The van der Waals surface area contributed by atoms with Crippen molar-refractivity contribution in [2.24, 2.45) is 5.92 Å². The van der Waals surface area contributed by atoms with E-state index in [0.29, 0.717) is 5.92 Å². The summed E-state index contributed by atoms with van der Waals surface area (Å²) in [4.78, 5) is 27.6.